The molecule has 1 saturated heterocycles. The number of nitrogen functional groups attached to an aromatic ring is 1. The van der Waals surface area contributed by atoms with Gasteiger partial charge in [-0.05, 0) is 12.8 Å². The molecule has 1 aromatic rings. The first-order chi connectivity index (χ1) is 7.72. The first kappa shape index (κ1) is 10.7. The Morgan fingerprint density at radius 1 is 1.62 bits per heavy atom. The largest absolute Gasteiger partial charge is 0.391 e. The molecule has 1 aliphatic heterocycles. The summed E-state index contributed by atoms with van der Waals surface area (Å²) in [4.78, 5) is 30.4. The second-order valence-corrected chi connectivity index (χ2v) is 3.95. The molecule has 1 atom stereocenters. The maximum Gasteiger partial charge on any atom is 0.276 e. The highest BCUT2D eigenvalue weighted by atomic mass is 16.1. The average molecular weight is 222 g/mol. The van der Waals surface area contributed by atoms with Crippen molar-refractivity contribution in [3.8, 4) is 0 Å². The lowest BCUT2D eigenvalue weighted by Gasteiger charge is -2.31. The van der Waals surface area contributed by atoms with Crippen LogP contribution in [0.1, 0.15) is 12.8 Å². The zero-order valence-corrected chi connectivity index (χ0v) is 8.85. The monoisotopic (exact) mass is 222 g/mol. The van der Waals surface area contributed by atoms with E-state index in [9.17, 15) is 9.59 Å². The van der Waals surface area contributed by atoms with Crippen LogP contribution in [0.2, 0.25) is 0 Å². The van der Waals surface area contributed by atoms with Gasteiger partial charge in [-0.3, -0.25) is 4.79 Å². The lowest BCUT2D eigenvalue weighted by Crippen LogP contribution is -2.38. The summed E-state index contributed by atoms with van der Waals surface area (Å²) < 4.78 is 0. The standard InChI is InChI=1S/C10H14N4O2/c11-8-9(12-6-13-10(8)16)14-3-1-2-7(4-14)5-15/h5-7H,1-4,11H2,(H,12,13,16). The van der Waals surface area contributed by atoms with Crippen LogP contribution in [0.4, 0.5) is 11.5 Å². The summed E-state index contributed by atoms with van der Waals surface area (Å²) >= 11 is 0. The van der Waals surface area contributed by atoms with Gasteiger partial charge in [0.05, 0.1) is 6.33 Å². The summed E-state index contributed by atoms with van der Waals surface area (Å²) in [5, 5.41) is 0. The summed E-state index contributed by atoms with van der Waals surface area (Å²) in [5.41, 5.74) is 5.45. The molecule has 0 aromatic carbocycles. The van der Waals surface area contributed by atoms with Crippen LogP contribution in [0.25, 0.3) is 0 Å². The lowest BCUT2D eigenvalue weighted by molar-refractivity contribution is -0.111. The summed E-state index contributed by atoms with van der Waals surface area (Å²) in [6.45, 7) is 1.37. The van der Waals surface area contributed by atoms with Gasteiger partial charge in [-0.1, -0.05) is 0 Å². The third-order valence-electron chi connectivity index (χ3n) is 2.82. The fraction of sp³-hybridized carbons (Fsp3) is 0.500. The summed E-state index contributed by atoms with van der Waals surface area (Å²) in [5.74, 6) is 0.490. The second kappa shape index (κ2) is 4.34. The SMILES string of the molecule is Nc1c(N2CCCC(C=O)C2)nc[nH]c1=O. The number of carbonyl (C=O) groups excluding carboxylic acids is 1. The molecule has 1 aromatic heterocycles. The molecule has 1 aliphatic rings. The van der Waals surface area contributed by atoms with Gasteiger partial charge < -0.3 is 20.4 Å². The Hall–Kier alpha value is -1.85. The first-order valence-electron chi connectivity index (χ1n) is 5.25. The minimum Gasteiger partial charge on any atom is -0.391 e. The molecular weight excluding hydrogens is 208 g/mol. The van der Waals surface area contributed by atoms with Crippen molar-refractivity contribution in [3.05, 3.63) is 16.7 Å². The zero-order valence-electron chi connectivity index (χ0n) is 8.85. The number of hydrogen-bond donors (Lipinski definition) is 2. The van der Waals surface area contributed by atoms with Crippen molar-refractivity contribution < 1.29 is 4.79 Å². The number of nitrogens with zero attached hydrogens (tertiary/aromatic N) is 2. The van der Waals surface area contributed by atoms with Crippen LogP contribution in [0.15, 0.2) is 11.1 Å². The number of carbonyl (C=O) groups is 1. The van der Waals surface area contributed by atoms with E-state index in [1.54, 1.807) is 0 Å². The van der Waals surface area contributed by atoms with Crippen molar-refractivity contribution in [2.24, 2.45) is 5.92 Å². The average Bonchev–Trinajstić information content (AvgIpc) is 2.33. The molecule has 0 amide bonds. The van der Waals surface area contributed by atoms with E-state index in [4.69, 9.17) is 5.73 Å². The minimum absolute atomic E-state index is 0.00855. The second-order valence-electron chi connectivity index (χ2n) is 3.95. The molecule has 0 spiro atoms. The molecule has 0 radical (unpaired) electrons. The van der Waals surface area contributed by atoms with Crippen molar-refractivity contribution in [1.82, 2.24) is 9.97 Å². The number of piperidine rings is 1. The third kappa shape index (κ3) is 1.91. The van der Waals surface area contributed by atoms with Crippen LogP contribution >= 0.6 is 0 Å². The van der Waals surface area contributed by atoms with Gasteiger partial charge in [-0.15, -0.1) is 0 Å². The Kier molecular flexibility index (Phi) is 2.89. The van der Waals surface area contributed by atoms with Gasteiger partial charge in [-0.25, -0.2) is 4.98 Å². The summed E-state index contributed by atoms with van der Waals surface area (Å²) in [6, 6.07) is 0. The van der Waals surface area contributed by atoms with Gasteiger partial charge in [0.1, 0.15) is 12.0 Å². The number of aldehydes is 1. The maximum absolute atomic E-state index is 11.3. The molecule has 16 heavy (non-hydrogen) atoms. The van der Waals surface area contributed by atoms with Crippen LogP contribution in [0.5, 0.6) is 0 Å². The molecule has 86 valence electrons. The highest BCUT2D eigenvalue weighted by molar-refractivity contribution is 5.63. The summed E-state index contributed by atoms with van der Waals surface area (Å²) in [6.07, 6.45) is 4.09. The maximum atomic E-state index is 11.3. The molecule has 0 aliphatic carbocycles. The molecule has 6 heteroatoms. The number of rotatable bonds is 2. The van der Waals surface area contributed by atoms with Crippen molar-refractivity contribution in [2.75, 3.05) is 23.7 Å². The molecule has 2 heterocycles. The smallest absolute Gasteiger partial charge is 0.276 e. The number of aromatic nitrogens is 2. The van der Waals surface area contributed by atoms with Crippen LogP contribution in [0, 0.1) is 5.92 Å². The van der Waals surface area contributed by atoms with Crippen molar-refractivity contribution in [2.45, 2.75) is 12.8 Å². The fourth-order valence-corrected chi connectivity index (χ4v) is 1.97. The lowest BCUT2D eigenvalue weighted by atomic mass is 10.00. The van der Waals surface area contributed by atoms with E-state index in [-0.39, 0.29) is 17.2 Å². The number of nitrogens with two attached hydrogens (primary N) is 1. The van der Waals surface area contributed by atoms with E-state index in [1.807, 2.05) is 4.90 Å². The molecule has 6 nitrogen and oxygen atoms in total. The van der Waals surface area contributed by atoms with Gasteiger partial charge in [-0.2, -0.15) is 0 Å². The third-order valence-corrected chi connectivity index (χ3v) is 2.82. The van der Waals surface area contributed by atoms with Crippen LogP contribution in [-0.2, 0) is 4.79 Å². The van der Waals surface area contributed by atoms with Crippen LogP contribution in [0.3, 0.4) is 0 Å². The van der Waals surface area contributed by atoms with Crippen LogP contribution < -0.4 is 16.2 Å². The normalized spacial score (nSPS) is 20.8. The van der Waals surface area contributed by atoms with E-state index in [1.165, 1.54) is 6.33 Å². The molecule has 0 bridgehead atoms. The number of nitrogens with one attached hydrogen (secondary N) is 1. The van der Waals surface area contributed by atoms with Gasteiger partial charge in [0.15, 0.2) is 5.82 Å². The number of anilines is 2. The van der Waals surface area contributed by atoms with E-state index >= 15 is 0 Å². The van der Waals surface area contributed by atoms with Gasteiger partial charge >= 0.3 is 0 Å². The summed E-state index contributed by atoms with van der Waals surface area (Å²) in [7, 11) is 0. The van der Waals surface area contributed by atoms with E-state index in [0.717, 1.165) is 25.7 Å². The molecule has 2 rings (SSSR count). The topological polar surface area (TPSA) is 92.1 Å². The Bertz CT molecular complexity index is 443. The zero-order chi connectivity index (χ0) is 11.5. The van der Waals surface area contributed by atoms with Crippen molar-refractivity contribution >= 4 is 17.8 Å². The number of H-pyrrole nitrogens is 1. The van der Waals surface area contributed by atoms with Gasteiger partial charge in [0.2, 0.25) is 0 Å². The van der Waals surface area contributed by atoms with Crippen molar-refractivity contribution in [1.29, 1.82) is 0 Å². The Morgan fingerprint density at radius 2 is 2.44 bits per heavy atom. The highest BCUT2D eigenvalue weighted by Gasteiger charge is 2.22. The predicted molar refractivity (Wildman–Crippen MR) is 60.3 cm³/mol. The van der Waals surface area contributed by atoms with Crippen LogP contribution in [-0.4, -0.2) is 29.3 Å². The molecule has 1 unspecified atom stereocenters. The Labute approximate surface area is 92.5 Å². The molecule has 1 fully saturated rings. The van der Waals surface area contributed by atoms with E-state index in [0.29, 0.717) is 12.4 Å². The van der Waals surface area contributed by atoms with Gasteiger partial charge in [0, 0.05) is 19.0 Å². The minimum atomic E-state index is -0.335. The Morgan fingerprint density at radius 3 is 3.19 bits per heavy atom. The molecule has 0 saturated carbocycles. The number of aromatic amines is 1. The fourth-order valence-electron chi connectivity index (χ4n) is 1.97. The molecule has 3 N–H and O–H groups in total. The highest BCUT2D eigenvalue weighted by Crippen LogP contribution is 2.22. The molecular formula is C10H14N4O2. The first-order valence-corrected chi connectivity index (χ1v) is 5.25. The predicted octanol–water partition coefficient (Wildman–Crippen LogP) is -0.233. The Balaban J connectivity index is 2.26. The van der Waals surface area contributed by atoms with Crippen molar-refractivity contribution in [3.63, 3.8) is 0 Å². The van der Waals surface area contributed by atoms with Gasteiger partial charge in [0.25, 0.3) is 5.56 Å². The van der Waals surface area contributed by atoms with E-state index < -0.39 is 0 Å². The van der Waals surface area contributed by atoms with E-state index in [2.05, 4.69) is 9.97 Å². The number of hydrogen-bond acceptors (Lipinski definition) is 5. The quantitative estimate of drug-likeness (QED) is 0.674.